The molecule has 0 saturated heterocycles. The highest BCUT2D eigenvalue weighted by Crippen LogP contribution is 2.34. The molecule has 2 amide bonds. The number of aromatic nitrogens is 1. The lowest BCUT2D eigenvalue weighted by Gasteiger charge is -2.18. The van der Waals surface area contributed by atoms with Crippen molar-refractivity contribution in [2.45, 2.75) is 20.8 Å². The molecule has 27 heavy (non-hydrogen) atoms. The third-order valence-corrected chi connectivity index (χ3v) is 5.35. The van der Waals surface area contributed by atoms with Crippen LogP contribution in [-0.2, 0) is 4.79 Å². The van der Waals surface area contributed by atoms with Gasteiger partial charge in [-0.15, -0.1) is 11.3 Å². The SMILES string of the molecule is CCN(CC)C(=O)CNC(=O)c1sc(-c2ccc(OC)c(OC)c2)nc1C. The molecule has 1 aromatic heterocycles. The summed E-state index contributed by atoms with van der Waals surface area (Å²) in [7, 11) is 3.15. The molecular formula is C19H25N3O4S. The highest BCUT2D eigenvalue weighted by Gasteiger charge is 2.19. The Balaban J connectivity index is 2.16. The molecule has 0 unspecified atom stereocenters. The Bertz CT molecular complexity index is 815. The highest BCUT2D eigenvalue weighted by atomic mass is 32.1. The van der Waals surface area contributed by atoms with E-state index in [1.807, 2.05) is 26.0 Å². The molecule has 146 valence electrons. The van der Waals surface area contributed by atoms with Gasteiger partial charge in [-0.1, -0.05) is 0 Å². The van der Waals surface area contributed by atoms with Gasteiger partial charge in [-0.2, -0.15) is 0 Å². The number of methoxy groups -OCH3 is 2. The number of rotatable bonds is 8. The number of carbonyl (C=O) groups excluding carboxylic acids is 2. The van der Waals surface area contributed by atoms with Crippen LogP contribution in [0.4, 0.5) is 0 Å². The Morgan fingerprint density at radius 1 is 1.15 bits per heavy atom. The van der Waals surface area contributed by atoms with E-state index in [-0.39, 0.29) is 18.4 Å². The first-order valence-corrected chi connectivity index (χ1v) is 9.52. The van der Waals surface area contributed by atoms with Crippen LogP contribution in [0.2, 0.25) is 0 Å². The normalized spacial score (nSPS) is 10.4. The Labute approximate surface area is 163 Å². The second-order valence-electron chi connectivity index (χ2n) is 5.75. The van der Waals surface area contributed by atoms with Crippen molar-refractivity contribution in [2.75, 3.05) is 33.9 Å². The van der Waals surface area contributed by atoms with Crippen molar-refractivity contribution in [3.8, 4) is 22.1 Å². The summed E-state index contributed by atoms with van der Waals surface area (Å²) in [5.74, 6) is 0.828. The Hall–Kier alpha value is -2.61. The Morgan fingerprint density at radius 3 is 2.41 bits per heavy atom. The largest absolute Gasteiger partial charge is 0.493 e. The van der Waals surface area contributed by atoms with Crippen molar-refractivity contribution < 1.29 is 19.1 Å². The molecule has 0 aliphatic carbocycles. The van der Waals surface area contributed by atoms with E-state index in [4.69, 9.17) is 9.47 Å². The molecule has 0 aliphatic heterocycles. The predicted octanol–water partition coefficient (Wildman–Crippen LogP) is 2.73. The van der Waals surface area contributed by atoms with Gasteiger partial charge in [-0.25, -0.2) is 4.98 Å². The average Bonchev–Trinajstić information content (AvgIpc) is 3.08. The van der Waals surface area contributed by atoms with Crippen molar-refractivity contribution in [3.63, 3.8) is 0 Å². The molecule has 0 bridgehead atoms. The van der Waals surface area contributed by atoms with Crippen LogP contribution in [0.15, 0.2) is 18.2 Å². The molecule has 1 aromatic carbocycles. The molecule has 1 N–H and O–H groups in total. The molecule has 7 nitrogen and oxygen atoms in total. The van der Waals surface area contributed by atoms with Gasteiger partial charge in [0.2, 0.25) is 5.91 Å². The van der Waals surface area contributed by atoms with Crippen LogP contribution in [-0.4, -0.2) is 55.6 Å². The number of hydrogen-bond donors (Lipinski definition) is 1. The summed E-state index contributed by atoms with van der Waals surface area (Å²) in [5, 5.41) is 3.39. The first-order chi connectivity index (χ1) is 12.9. The fraction of sp³-hybridized carbons (Fsp3) is 0.421. The van der Waals surface area contributed by atoms with Crippen molar-refractivity contribution in [1.82, 2.24) is 15.2 Å². The van der Waals surface area contributed by atoms with Crippen LogP contribution in [0.25, 0.3) is 10.6 Å². The van der Waals surface area contributed by atoms with Gasteiger partial charge in [-0.3, -0.25) is 9.59 Å². The minimum Gasteiger partial charge on any atom is -0.493 e. The number of aryl methyl sites for hydroxylation is 1. The molecule has 8 heteroatoms. The van der Waals surface area contributed by atoms with Gasteiger partial charge >= 0.3 is 0 Å². The lowest BCUT2D eigenvalue weighted by molar-refractivity contribution is -0.129. The van der Waals surface area contributed by atoms with Crippen molar-refractivity contribution in [2.24, 2.45) is 0 Å². The van der Waals surface area contributed by atoms with Gasteiger partial charge in [-0.05, 0) is 39.0 Å². The molecule has 0 fully saturated rings. The van der Waals surface area contributed by atoms with Gasteiger partial charge in [0.15, 0.2) is 11.5 Å². The number of carbonyl (C=O) groups is 2. The number of amides is 2. The lowest BCUT2D eigenvalue weighted by Crippen LogP contribution is -2.39. The summed E-state index contributed by atoms with van der Waals surface area (Å²) in [6, 6.07) is 5.49. The number of likely N-dealkylation sites (N-methyl/N-ethyl adjacent to an activating group) is 1. The lowest BCUT2D eigenvalue weighted by atomic mass is 10.2. The third-order valence-electron chi connectivity index (χ3n) is 4.15. The number of hydrogen-bond acceptors (Lipinski definition) is 6. The fourth-order valence-electron chi connectivity index (χ4n) is 2.62. The van der Waals surface area contributed by atoms with Crippen LogP contribution < -0.4 is 14.8 Å². The zero-order valence-corrected chi connectivity index (χ0v) is 17.1. The number of thiazole rings is 1. The summed E-state index contributed by atoms with van der Waals surface area (Å²) in [5.41, 5.74) is 1.46. The van der Waals surface area contributed by atoms with E-state index >= 15 is 0 Å². The van der Waals surface area contributed by atoms with Gasteiger partial charge in [0.1, 0.15) is 9.88 Å². The monoisotopic (exact) mass is 391 g/mol. The molecule has 0 aliphatic rings. The highest BCUT2D eigenvalue weighted by molar-refractivity contribution is 7.17. The van der Waals surface area contributed by atoms with Crippen LogP contribution >= 0.6 is 11.3 Å². The fourth-order valence-corrected chi connectivity index (χ4v) is 3.60. The summed E-state index contributed by atoms with van der Waals surface area (Å²) >= 11 is 1.28. The summed E-state index contributed by atoms with van der Waals surface area (Å²) in [6.45, 7) is 6.81. The van der Waals surface area contributed by atoms with Gasteiger partial charge in [0, 0.05) is 18.7 Å². The van der Waals surface area contributed by atoms with Crippen LogP contribution in [0.3, 0.4) is 0 Å². The van der Waals surface area contributed by atoms with Gasteiger partial charge < -0.3 is 19.7 Å². The summed E-state index contributed by atoms with van der Waals surface area (Å²) in [6.07, 6.45) is 0. The van der Waals surface area contributed by atoms with Crippen molar-refractivity contribution >= 4 is 23.2 Å². The standard InChI is InChI=1S/C19H25N3O4S/c1-6-22(7-2)16(23)11-20-18(24)17-12(3)21-19(27-17)13-8-9-14(25-4)15(10-13)26-5/h8-10H,6-7,11H2,1-5H3,(H,20,24). The maximum absolute atomic E-state index is 12.5. The third kappa shape index (κ3) is 4.77. The minimum absolute atomic E-state index is 0.0243. The molecule has 0 radical (unpaired) electrons. The predicted molar refractivity (Wildman–Crippen MR) is 106 cm³/mol. The maximum Gasteiger partial charge on any atom is 0.263 e. The zero-order chi connectivity index (χ0) is 20.0. The van der Waals surface area contributed by atoms with Crippen molar-refractivity contribution in [3.05, 3.63) is 28.8 Å². The molecule has 2 rings (SSSR count). The molecular weight excluding hydrogens is 366 g/mol. The van der Waals surface area contributed by atoms with Crippen molar-refractivity contribution in [1.29, 1.82) is 0 Å². The number of benzene rings is 1. The van der Waals surface area contributed by atoms with E-state index in [9.17, 15) is 9.59 Å². The quantitative estimate of drug-likeness (QED) is 0.748. The minimum atomic E-state index is -0.294. The van der Waals surface area contributed by atoms with E-state index in [0.29, 0.717) is 40.2 Å². The summed E-state index contributed by atoms with van der Waals surface area (Å²) in [4.78, 5) is 31.2. The van der Waals surface area contributed by atoms with E-state index in [1.54, 1.807) is 32.1 Å². The number of nitrogens with zero attached hydrogens (tertiary/aromatic N) is 2. The van der Waals surface area contributed by atoms with Crippen LogP contribution in [0.5, 0.6) is 11.5 Å². The second-order valence-corrected chi connectivity index (χ2v) is 6.75. The Kier molecular flexibility index (Phi) is 7.18. The number of ether oxygens (including phenoxy) is 2. The number of nitrogens with one attached hydrogen (secondary N) is 1. The molecule has 0 spiro atoms. The molecule has 0 saturated carbocycles. The smallest absolute Gasteiger partial charge is 0.263 e. The van der Waals surface area contributed by atoms with Gasteiger partial charge in [0.25, 0.3) is 5.91 Å². The average molecular weight is 391 g/mol. The molecule has 2 aromatic rings. The molecule has 1 heterocycles. The van der Waals surface area contributed by atoms with Gasteiger partial charge in [0.05, 0.1) is 26.5 Å². The summed E-state index contributed by atoms with van der Waals surface area (Å²) < 4.78 is 10.6. The van der Waals surface area contributed by atoms with E-state index in [0.717, 1.165) is 5.56 Å². The van der Waals surface area contributed by atoms with Crippen LogP contribution in [0, 0.1) is 6.92 Å². The van der Waals surface area contributed by atoms with E-state index < -0.39 is 0 Å². The molecule has 0 atom stereocenters. The Morgan fingerprint density at radius 2 is 1.81 bits per heavy atom. The van der Waals surface area contributed by atoms with E-state index in [2.05, 4.69) is 10.3 Å². The first kappa shape index (κ1) is 20.7. The topological polar surface area (TPSA) is 80.8 Å². The maximum atomic E-state index is 12.5. The first-order valence-electron chi connectivity index (χ1n) is 8.70. The second kappa shape index (κ2) is 9.36. The zero-order valence-electron chi connectivity index (χ0n) is 16.3. The van der Waals surface area contributed by atoms with E-state index in [1.165, 1.54) is 11.3 Å². The van der Waals surface area contributed by atoms with Crippen LogP contribution in [0.1, 0.15) is 29.2 Å².